The van der Waals surface area contributed by atoms with Crippen LogP contribution in [0.15, 0.2) is 29.3 Å². The van der Waals surface area contributed by atoms with Gasteiger partial charge in [-0.1, -0.05) is 24.3 Å². The fourth-order valence-electron chi connectivity index (χ4n) is 1.49. The molecule has 2 N–H and O–H groups in total. The third-order valence-corrected chi connectivity index (χ3v) is 2.41. The highest BCUT2D eigenvalue weighted by Crippen LogP contribution is 2.06. The lowest BCUT2D eigenvalue weighted by Crippen LogP contribution is -2.35. The molecule has 0 spiro atoms. The first-order valence-electron chi connectivity index (χ1n) is 5.21. The monoisotopic (exact) mass is 333 g/mol. The van der Waals surface area contributed by atoms with E-state index < -0.39 is 0 Å². The smallest absolute Gasteiger partial charge is 0.190 e. The van der Waals surface area contributed by atoms with Crippen molar-refractivity contribution in [1.29, 1.82) is 0 Å². The fraction of sp³-hybridized carbons (Fsp3) is 0.417. The molecule has 0 aliphatic heterocycles. The van der Waals surface area contributed by atoms with Gasteiger partial charge in [0.1, 0.15) is 0 Å². The molecule has 1 rings (SSSR count). The third-order valence-electron chi connectivity index (χ3n) is 2.41. The molecular weight excluding hydrogens is 313 g/mol. The van der Waals surface area contributed by atoms with E-state index >= 15 is 0 Å². The highest BCUT2D eigenvalue weighted by molar-refractivity contribution is 14.0. The molecule has 16 heavy (non-hydrogen) atoms. The number of nitrogens with one attached hydrogen (secondary N) is 2. The molecule has 0 fully saturated rings. The first-order chi connectivity index (χ1) is 7.27. The molecule has 0 radical (unpaired) electrons. The van der Waals surface area contributed by atoms with Gasteiger partial charge in [-0.15, -0.1) is 24.0 Å². The van der Waals surface area contributed by atoms with Crippen LogP contribution in [0.4, 0.5) is 0 Å². The topological polar surface area (TPSA) is 36.4 Å². The molecule has 0 saturated heterocycles. The molecule has 0 aliphatic rings. The van der Waals surface area contributed by atoms with Gasteiger partial charge in [0.25, 0.3) is 0 Å². The van der Waals surface area contributed by atoms with Crippen LogP contribution in [0, 0.1) is 6.92 Å². The van der Waals surface area contributed by atoms with Crippen LogP contribution in [0.2, 0.25) is 0 Å². The van der Waals surface area contributed by atoms with Crippen molar-refractivity contribution in [1.82, 2.24) is 10.6 Å². The normalized spacial score (nSPS) is 10.6. The highest BCUT2D eigenvalue weighted by Gasteiger charge is 1.97. The Kier molecular flexibility index (Phi) is 7.97. The molecule has 0 atom stereocenters. The van der Waals surface area contributed by atoms with Gasteiger partial charge in [-0.25, -0.2) is 0 Å². The van der Waals surface area contributed by atoms with Gasteiger partial charge < -0.3 is 10.6 Å². The number of aliphatic imine (C=N–C) groups is 1. The van der Waals surface area contributed by atoms with Gasteiger partial charge in [0.2, 0.25) is 0 Å². The quantitative estimate of drug-likeness (QED) is 0.504. The van der Waals surface area contributed by atoms with Gasteiger partial charge >= 0.3 is 0 Å². The molecule has 3 nitrogen and oxygen atoms in total. The van der Waals surface area contributed by atoms with Crippen molar-refractivity contribution in [2.75, 3.05) is 20.6 Å². The second kappa shape index (κ2) is 8.38. The van der Waals surface area contributed by atoms with Crippen LogP contribution in [0.25, 0.3) is 0 Å². The van der Waals surface area contributed by atoms with Crippen molar-refractivity contribution in [2.24, 2.45) is 4.99 Å². The zero-order valence-corrected chi connectivity index (χ0v) is 12.4. The Labute approximate surface area is 115 Å². The summed E-state index contributed by atoms with van der Waals surface area (Å²) < 4.78 is 0. The van der Waals surface area contributed by atoms with E-state index in [9.17, 15) is 0 Å². The van der Waals surface area contributed by atoms with Crippen LogP contribution in [0.3, 0.4) is 0 Å². The average Bonchev–Trinajstić information content (AvgIpc) is 2.27. The second-order valence-electron chi connectivity index (χ2n) is 3.43. The van der Waals surface area contributed by atoms with Crippen molar-refractivity contribution >= 4 is 29.9 Å². The number of guanidine groups is 1. The van der Waals surface area contributed by atoms with Crippen LogP contribution in [-0.2, 0) is 6.42 Å². The fourth-order valence-corrected chi connectivity index (χ4v) is 1.49. The molecule has 1 aromatic carbocycles. The van der Waals surface area contributed by atoms with Gasteiger partial charge in [0.15, 0.2) is 5.96 Å². The molecule has 0 unspecified atom stereocenters. The van der Waals surface area contributed by atoms with E-state index in [1.807, 2.05) is 7.05 Å². The van der Waals surface area contributed by atoms with E-state index in [1.165, 1.54) is 11.1 Å². The summed E-state index contributed by atoms with van der Waals surface area (Å²) in [7, 11) is 3.63. The van der Waals surface area contributed by atoms with Crippen LogP contribution in [0.1, 0.15) is 11.1 Å². The van der Waals surface area contributed by atoms with Crippen molar-refractivity contribution < 1.29 is 0 Å². The van der Waals surface area contributed by atoms with Crippen LogP contribution in [0.5, 0.6) is 0 Å². The minimum absolute atomic E-state index is 0. The second-order valence-corrected chi connectivity index (χ2v) is 3.43. The number of hydrogen-bond acceptors (Lipinski definition) is 1. The molecule has 0 amide bonds. The summed E-state index contributed by atoms with van der Waals surface area (Å²) in [4.78, 5) is 4.05. The van der Waals surface area contributed by atoms with Crippen molar-refractivity contribution in [3.63, 3.8) is 0 Å². The maximum Gasteiger partial charge on any atom is 0.190 e. The number of benzene rings is 1. The first-order valence-corrected chi connectivity index (χ1v) is 5.21. The maximum absolute atomic E-state index is 4.05. The van der Waals surface area contributed by atoms with Gasteiger partial charge in [0.05, 0.1) is 0 Å². The number of hydrogen-bond donors (Lipinski definition) is 2. The summed E-state index contributed by atoms with van der Waals surface area (Å²) in [5, 5.41) is 6.23. The lowest BCUT2D eigenvalue weighted by atomic mass is 10.1. The molecule has 0 heterocycles. The number of halogens is 1. The van der Waals surface area contributed by atoms with Crippen LogP contribution >= 0.6 is 24.0 Å². The Morgan fingerprint density at radius 2 is 2.00 bits per heavy atom. The summed E-state index contributed by atoms with van der Waals surface area (Å²) in [6.45, 7) is 3.04. The lowest BCUT2D eigenvalue weighted by molar-refractivity contribution is 0.830. The molecule has 4 heteroatoms. The van der Waals surface area contributed by atoms with Crippen molar-refractivity contribution in [3.8, 4) is 0 Å². The van der Waals surface area contributed by atoms with Crippen molar-refractivity contribution in [3.05, 3.63) is 35.4 Å². The Balaban J connectivity index is 0.00000225. The average molecular weight is 333 g/mol. The van der Waals surface area contributed by atoms with Crippen molar-refractivity contribution in [2.45, 2.75) is 13.3 Å². The Morgan fingerprint density at radius 3 is 2.56 bits per heavy atom. The predicted octanol–water partition coefficient (Wildman–Crippen LogP) is 1.95. The number of nitrogens with zero attached hydrogens (tertiary/aromatic N) is 1. The molecule has 0 aromatic heterocycles. The number of rotatable bonds is 3. The zero-order valence-electron chi connectivity index (χ0n) is 10.1. The Morgan fingerprint density at radius 1 is 1.31 bits per heavy atom. The van der Waals surface area contributed by atoms with Gasteiger partial charge in [-0.3, -0.25) is 4.99 Å². The van der Waals surface area contributed by atoms with Gasteiger partial charge in [0, 0.05) is 20.6 Å². The van der Waals surface area contributed by atoms with E-state index in [1.54, 1.807) is 7.05 Å². The summed E-state index contributed by atoms with van der Waals surface area (Å²) in [6.07, 6.45) is 1.02. The Hall–Kier alpha value is -0.780. The highest BCUT2D eigenvalue weighted by atomic mass is 127. The number of aryl methyl sites for hydroxylation is 1. The third kappa shape index (κ3) is 4.83. The van der Waals surface area contributed by atoms with E-state index in [2.05, 4.69) is 46.8 Å². The molecule has 0 saturated carbocycles. The largest absolute Gasteiger partial charge is 0.359 e. The molecule has 0 aliphatic carbocycles. The van der Waals surface area contributed by atoms with Crippen LogP contribution < -0.4 is 10.6 Å². The lowest BCUT2D eigenvalue weighted by Gasteiger charge is -2.09. The molecule has 90 valence electrons. The minimum atomic E-state index is 0. The zero-order chi connectivity index (χ0) is 11.1. The van der Waals surface area contributed by atoms with Gasteiger partial charge in [-0.05, 0) is 24.5 Å². The standard InChI is InChI=1S/C12H19N3.HI/c1-10-6-4-5-7-11(10)8-9-15-12(13-2)14-3;/h4-7H,8-9H2,1-3H3,(H2,13,14,15);1H. The Bertz CT molecular complexity index is 337. The van der Waals surface area contributed by atoms with E-state index in [0.717, 1.165) is 18.9 Å². The minimum Gasteiger partial charge on any atom is -0.359 e. The van der Waals surface area contributed by atoms with Gasteiger partial charge in [-0.2, -0.15) is 0 Å². The summed E-state index contributed by atoms with van der Waals surface area (Å²) in [5.74, 6) is 0.837. The summed E-state index contributed by atoms with van der Waals surface area (Å²) in [6, 6.07) is 8.45. The molecular formula is C12H20IN3. The van der Waals surface area contributed by atoms with E-state index in [4.69, 9.17) is 0 Å². The summed E-state index contributed by atoms with van der Waals surface area (Å²) >= 11 is 0. The molecule has 0 bridgehead atoms. The maximum atomic E-state index is 4.05. The predicted molar refractivity (Wildman–Crippen MR) is 80.7 cm³/mol. The SMILES string of the molecule is CN=C(NC)NCCc1ccccc1C.I. The molecule has 1 aromatic rings. The summed E-state index contributed by atoms with van der Waals surface area (Å²) in [5.41, 5.74) is 2.73. The van der Waals surface area contributed by atoms with E-state index in [-0.39, 0.29) is 24.0 Å². The van der Waals surface area contributed by atoms with E-state index in [0.29, 0.717) is 0 Å². The first kappa shape index (κ1) is 15.2. The van der Waals surface area contributed by atoms with Crippen LogP contribution in [-0.4, -0.2) is 26.6 Å².